The van der Waals surface area contributed by atoms with Crippen LogP contribution in [0.25, 0.3) is 5.95 Å². The van der Waals surface area contributed by atoms with E-state index in [4.69, 9.17) is 4.42 Å². The average molecular weight is 283 g/mol. The molecule has 0 bridgehead atoms. The number of amides is 1. The molecule has 0 saturated heterocycles. The van der Waals surface area contributed by atoms with E-state index in [0.717, 1.165) is 12.2 Å². The van der Waals surface area contributed by atoms with Crippen LogP contribution in [0.5, 0.6) is 0 Å². The Balaban J connectivity index is 1.74. The number of nitrogens with zero attached hydrogens (tertiary/aromatic N) is 4. The molecule has 3 aromatic heterocycles. The van der Waals surface area contributed by atoms with E-state index in [9.17, 15) is 4.79 Å². The highest BCUT2D eigenvalue weighted by Crippen LogP contribution is 2.13. The standard InChI is InChI=1S/C14H13N5O2/c1-2-11-4-5-12(21-11)13(20)18-10-8-17-19(9-10)14-15-6-3-7-16-14/h3-9H,2H2,1H3,(H,18,20). The number of rotatable bonds is 4. The molecule has 21 heavy (non-hydrogen) atoms. The molecule has 0 atom stereocenters. The summed E-state index contributed by atoms with van der Waals surface area (Å²) in [6, 6.07) is 5.16. The summed E-state index contributed by atoms with van der Waals surface area (Å²) in [4.78, 5) is 20.2. The van der Waals surface area contributed by atoms with Crippen molar-refractivity contribution >= 4 is 11.6 Å². The average Bonchev–Trinajstić information content (AvgIpc) is 3.17. The van der Waals surface area contributed by atoms with Crippen LogP contribution >= 0.6 is 0 Å². The summed E-state index contributed by atoms with van der Waals surface area (Å²) in [7, 11) is 0. The van der Waals surface area contributed by atoms with Gasteiger partial charge in [0.1, 0.15) is 5.76 Å². The van der Waals surface area contributed by atoms with Gasteiger partial charge >= 0.3 is 0 Å². The van der Waals surface area contributed by atoms with Crippen molar-refractivity contribution < 1.29 is 9.21 Å². The van der Waals surface area contributed by atoms with E-state index in [-0.39, 0.29) is 11.7 Å². The van der Waals surface area contributed by atoms with Crippen molar-refractivity contribution in [2.24, 2.45) is 0 Å². The maximum Gasteiger partial charge on any atom is 0.291 e. The van der Waals surface area contributed by atoms with Gasteiger partial charge in [0, 0.05) is 18.8 Å². The van der Waals surface area contributed by atoms with Gasteiger partial charge in [-0.2, -0.15) is 5.10 Å². The number of aromatic nitrogens is 4. The first-order chi connectivity index (χ1) is 10.3. The van der Waals surface area contributed by atoms with Crippen molar-refractivity contribution in [1.82, 2.24) is 19.7 Å². The lowest BCUT2D eigenvalue weighted by Gasteiger charge is -1.99. The van der Waals surface area contributed by atoms with Gasteiger partial charge in [-0.15, -0.1) is 0 Å². The van der Waals surface area contributed by atoms with Crippen LogP contribution in [0.4, 0.5) is 5.69 Å². The number of nitrogens with one attached hydrogen (secondary N) is 1. The minimum Gasteiger partial charge on any atom is -0.456 e. The second-order valence-electron chi connectivity index (χ2n) is 4.30. The number of hydrogen-bond acceptors (Lipinski definition) is 5. The predicted molar refractivity (Wildman–Crippen MR) is 75.2 cm³/mol. The lowest BCUT2D eigenvalue weighted by Crippen LogP contribution is -2.10. The van der Waals surface area contributed by atoms with Gasteiger partial charge in [-0.3, -0.25) is 4.79 Å². The lowest BCUT2D eigenvalue weighted by atomic mass is 10.3. The van der Waals surface area contributed by atoms with Crippen LogP contribution in [0.1, 0.15) is 23.2 Å². The molecule has 0 aliphatic carbocycles. The van der Waals surface area contributed by atoms with Crippen molar-refractivity contribution in [2.45, 2.75) is 13.3 Å². The maximum atomic E-state index is 12.0. The fourth-order valence-electron chi connectivity index (χ4n) is 1.79. The van der Waals surface area contributed by atoms with Crippen molar-refractivity contribution in [1.29, 1.82) is 0 Å². The van der Waals surface area contributed by atoms with Gasteiger partial charge in [0.05, 0.1) is 18.1 Å². The van der Waals surface area contributed by atoms with E-state index < -0.39 is 0 Å². The molecule has 7 nitrogen and oxygen atoms in total. The van der Waals surface area contributed by atoms with E-state index >= 15 is 0 Å². The molecule has 0 fully saturated rings. The number of carbonyl (C=O) groups excluding carboxylic acids is 1. The summed E-state index contributed by atoms with van der Waals surface area (Å²) in [5.41, 5.74) is 0.543. The molecule has 3 heterocycles. The van der Waals surface area contributed by atoms with Crippen LogP contribution < -0.4 is 5.32 Å². The van der Waals surface area contributed by atoms with E-state index in [0.29, 0.717) is 11.6 Å². The van der Waals surface area contributed by atoms with Crippen molar-refractivity contribution in [2.75, 3.05) is 5.32 Å². The van der Waals surface area contributed by atoms with E-state index in [1.54, 1.807) is 36.8 Å². The highest BCUT2D eigenvalue weighted by Gasteiger charge is 2.12. The molecule has 1 N–H and O–H groups in total. The van der Waals surface area contributed by atoms with Gasteiger partial charge < -0.3 is 9.73 Å². The fourth-order valence-corrected chi connectivity index (χ4v) is 1.79. The molecule has 0 unspecified atom stereocenters. The third-order valence-corrected chi connectivity index (χ3v) is 2.83. The summed E-state index contributed by atoms with van der Waals surface area (Å²) in [6.07, 6.45) is 7.15. The molecule has 0 spiro atoms. The molecule has 3 aromatic rings. The van der Waals surface area contributed by atoms with Crippen LogP contribution in [0.2, 0.25) is 0 Å². The number of carbonyl (C=O) groups is 1. The minimum absolute atomic E-state index is 0.274. The van der Waals surface area contributed by atoms with Crippen LogP contribution in [0, 0.1) is 0 Å². The number of aryl methyl sites for hydroxylation is 1. The molecule has 0 saturated carbocycles. The van der Waals surface area contributed by atoms with E-state index in [2.05, 4.69) is 20.4 Å². The predicted octanol–water partition coefficient (Wildman–Crippen LogP) is 2.07. The zero-order chi connectivity index (χ0) is 14.7. The lowest BCUT2D eigenvalue weighted by molar-refractivity contribution is 0.0995. The Kier molecular flexibility index (Phi) is 3.46. The van der Waals surface area contributed by atoms with E-state index in [1.807, 2.05) is 6.92 Å². The molecule has 0 aliphatic heterocycles. The smallest absolute Gasteiger partial charge is 0.291 e. The Labute approximate surface area is 120 Å². The molecule has 1 amide bonds. The molecule has 3 rings (SSSR count). The number of furan rings is 1. The second-order valence-corrected chi connectivity index (χ2v) is 4.30. The minimum atomic E-state index is -0.316. The molecule has 0 aromatic carbocycles. The zero-order valence-corrected chi connectivity index (χ0v) is 11.4. The third-order valence-electron chi connectivity index (χ3n) is 2.83. The summed E-state index contributed by atoms with van der Waals surface area (Å²) < 4.78 is 6.88. The number of hydrogen-bond donors (Lipinski definition) is 1. The normalized spacial score (nSPS) is 10.5. The zero-order valence-electron chi connectivity index (χ0n) is 11.4. The molecule has 106 valence electrons. The number of anilines is 1. The third kappa shape index (κ3) is 2.81. The summed E-state index contributed by atoms with van der Waals surface area (Å²) >= 11 is 0. The van der Waals surface area contributed by atoms with Gasteiger partial charge in [-0.25, -0.2) is 14.6 Å². The van der Waals surface area contributed by atoms with Crippen LogP contribution in [-0.4, -0.2) is 25.7 Å². The topological polar surface area (TPSA) is 85.8 Å². The van der Waals surface area contributed by atoms with Crippen molar-refractivity contribution in [3.8, 4) is 5.95 Å². The second kappa shape index (κ2) is 5.58. The monoisotopic (exact) mass is 283 g/mol. The van der Waals surface area contributed by atoms with Gasteiger partial charge in [0.25, 0.3) is 5.91 Å². The van der Waals surface area contributed by atoms with Crippen molar-refractivity contribution in [3.63, 3.8) is 0 Å². The quantitative estimate of drug-likeness (QED) is 0.792. The maximum absolute atomic E-state index is 12.0. The highest BCUT2D eigenvalue weighted by molar-refractivity contribution is 6.02. The Hall–Kier alpha value is -2.96. The Morgan fingerprint density at radius 2 is 2.14 bits per heavy atom. The van der Waals surface area contributed by atoms with Crippen molar-refractivity contribution in [3.05, 3.63) is 54.5 Å². The summed E-state index contributed by atoms with van der Waals surface area (Å²) in [6.45, 7) is 1.96. The first-order valence-electron chi connectivity index (χ1n) is 6.48. The Morgan fingerprint density at radius 1 is 1.33 bits per heavy atom. The molecular formula is C14H13N5O2. The van der Waals surface area contributed by atoms with E-state index in [1.165, 1.54) is 10.9 Å². The van der Waals surface area contributed by atoms with Gasteiger partial charge in [0.15, 0.2) is 5.76 Å². The first kappa shape index (κ1) is 13.0. The largest absolute Gasteiger partial charge is 0.456 e. The van der Waals surface area contributed by atoms with Crippen LogP contribution in [0.3, 0.4) is 0 Å². The fraction of sp³-hybridized carbons (Fsp3) is 0.143. The SMILES string of the molecule is CCc1ccc(C(=O)Nc2cnn(-c3ncccn3)c2)o1. The Morgan fingerprint density at radius 3 is 2.86 bits per heavy atom. The van der Waals surface area contributed by atoms with Gasteiger partial charge in [0.2, 0.25) is 5.95 Å². The van der Waals surface area contributed by atoms with Crippen LogP contribution in [0.15, 0.2) is 47.4 Å². The van der Waals surface area contributed by atoms with Crippen LogP contribution in [-0.2, 0) is 6.42 Å². The molecule has 7 heteroatoms. The first-order valence-corrected chi connectivity index (χ1v) is 6.48. The van der Waals surface area contributed by atoms with Gasteiger partial charge in [-0.05, 0) is 18.2 Å². The highest BCUT2D eigenvalue weighted by atomic mass is 16.3. The summed E-state index contributed by atoms with van der Waals surface area (Å²) in [5, 5.41) is 6.82. The van der Waals surface area contributed by atoms with Gasteiger partial charge in [-0.1, -0.05) is 6.92 Å². The molecule has 0 radical (unpaired) electrons. The molecule has 0 aliphatic rings. The summed E-state index contributed by atoms with van der Waals surface area (Å²) in [5.74, 6) is 1.16. The Bertz CT molecular complexity index is 748. The molecular weight excluding hydrogens is 270 g/mol.